The highest BCUT2D eigenvalue weighted by Crippen LogP contribution is 2.17. The molecule has 2 heterocycles. The molecule has 0 saturated carbocycles. The fourth-order valence-electron chi connectivity index (χ4n) is 2.14. The number of rotatable bonds is 4. The molecule has 0 N–H and O–H groups in total. The Bertz CT molecular complexity index is 780. The van der Waals surface area contributed by atoms with Crippen LogP contribution in [0.2, 0.25) is 0 Å². The van der Waals surface area contributed by atoms with E-state index in [9.17, 15) is 0 Å². The Morgan fingerprint density at radius 2 is 2.15 bits per heavy atom. The first kappa shape index (κ1) is 12.4. The van der Waals surface area contributed by atoms with E-state index in [1.165, 1.54) is 0 Å². The van der Waals surface area contributed by atoms with E-state index in [4.69, 9.17) is 9.78 Å². The van der Waals surface area contributed by atoms with Crippen LogP contribution in [0.5, 0.6) is 0 Å². The quantitative estimate of drug-likeness (QED) is 0.723. The van der Waals surface area contributed by atoms with Gasteiger partial charge in [0.15, 0.2) is 5.82 Å². The largest absolute Gasteiger partial charge is 0.337 e. The van der Waals surface area contributed by atoms with Crippen LogP contribution in [0.1, 0.15) is 24.5 Å². The lowest BCUT2D eigenvalue weighted by atomic mass is 10.3. The van der Waals surface area contributed by atoms with Crippen molar-refractivity contribution >= 4 is 11.0 Å². The maximum atomic E-state index is 8.92. The molecular formula is C14H13N5O. The fraction of sp³-hybridized carbons (Fsp3) is 0.286. The zero-order valence-electron chi connectivity index (χ0n) is 11.1. The number of fused-ring (bicyclic) bond motifs is 1. The van der Waals surface area contributed by atoms with Gasteiger partial charge in [0.25, 0.3) is 0 Å². The molecule has 0 aliphatic heterocycles. The molecule has 0 amide bonds. The molecule has 100 valence electrons. The van der Waals surface area contributed by atoms with Gasteiger partial charge in [-0.3, -0.25) is 0 Å². The summed E-state index contributed by atoms with van der Waals surface area (Å²) in [6.07, 6.45) is 0.989. The lowest BCUT2D eigenvalue weighted by Crippen LogP contribution is -2.05. The van der Waals surface area contributed by atoms with Gasteiger partial charge in [0, 0.05) is 6.42 Å². The molecular weight excluding hydrogens is 254 g/mol. The maximum absolute atomic E-state index is 8.92. The second kappa shape index (κ2) is 5.13. The summed E-state index contributed by atoms with van der Waals surface area (Å²) in [5, 5.41) is 12.8. The molecule has 0 atom stereocenters. The number of nitrogens with zero attached hydrogens (tertiary/aromatic N) is 5. The fourth-order valence-corrected chi connectivity index (χ4v) is 2.14. The van der Waals surface area contributed by atoms with Crippen molar-refractivity contribution in [3.05, 3.63) is 41.8 Å². The summed E-state index contributed by atoms with van der Waals surface area (Å²) in [5.41, 5.74) is 1.84. The van der Waals surface area contributed by atoms with Crippen molar-refractivity contribution in [1.82, 2.24) is 19.7 Å². The Morgan fingerprint density at radius 1 is 1.30 bits per heavy atom. The van der Waals surface area contributed by atoms with E-state index >= 15 is 0 Å². The van der Waals surface area contributed by atoms with Gasteiger partial charge in [-0.1, -0.05) is 24.2 Å². The van der Waals surface area contributed by atoms with Crippen molar-refractivity contribution < 1.29 is 4.52 Å². The van der Waals surface area contributed by atoms with E-state index in [0.717, 1.165) is 17.5 Å². The minimum absolute atomic E-state index is 0.253. The van der Waals surface area contributed by atoms with Crippen LogP contribution < -0.4 is 0 Å². The normalized spacial score (nSPS) is 10.8. The van der Waals surface area contributed by atoms with Crippen molar-refractivity contribution in [2.45, 2.75) is 26.3 Å². The standard InChI is InChI=1S/C14H13N5O/c1-2-12-17-14(20-18-12)9-19-11-6-4-3-5-10(11)16-13(19)7-8-15/h3-6H,2,7,9H2,1H3. The first-order valence-corrected chi connectivity index (χ1v) is 6.44. The molecule has 6 heteroatoms. The van der Waals surface area contributed by atoms with Crippen LogP contribution in [0.25, 0.3) is 11.0 Å². The highest BCUT2D eigenvalue weighted by Gasteiger charge is 2.13. The van der Waals surface area contributed by atoms with Crippen molar-refractivity contribution in [3.63, 3.8) is 0 Å². The van der Waals surface area contributed by atoms with E-state index in [2.05, 4.69) is 21.2 Å². The monoisotopic (exact) mass is 267 g/mol. The molecule has 0 bridgehead atoms. The van der Waals surface area contributed by atoms with Crippen molar-refractivity contribution in [3.8, 4) is 6.07 Å². The smallest absolute Gasteiger partial charge is 0.246 e. The third-order valence-corrected chi connectivity index (χ3v) is 3.09. The average molecular weight is 267 g/mol. The topological polar surface area (TPSA) is 80.5 Å². The predicted molar refractivity (Wildman–Crippen MR) is 71.8 cm³/mol. The zero-order chi connectivity index (χ0) is 13.9. The second-order valence-electron chi connectivity index (χ2n) is 4.40. The molecule has 0 unspecified atom stereocenters. The van der Waals surface area contributed by atoms with Gasteiger partial charge >= 0.3 is 0 Å². The molecule has 0 fully saturated rings. The van der Waals surface area contributed by atoms with Crippen molar-refractivity contribution in [2.24, 2.45) is 0 Å². The van der Waals surface area contributed by atoms with Crippen LogP contribution in [0.15, 0.2) is 28.8 Å². The number of aromatic nitrogens is 4. The molecule has 1 aromatic carbocycles. The third-order valence-electron chi connectivity index (χ3n) is 3.09. The Kier molecular flexibility index (Phi) is 3.17. The van der Waals surface area contributed by atoms with E-state index in [0.29, 0.717) is 24.1 Å². The lowest BCUT2D eigenvalue weighted by Gasteiger charge is -2.03. The number of hydrogen-bond acceptors (Lipinski definition) is 5. The van der Waals surface area contributed by atoms with Crippen molar-refractivity contribution in [1.29, 1.82) is 5.26 Å². The molecule has 6 nitrogen and oxygen atoms in total. The number of para-hydroxylation sites is 2. The maximum Gasteiger partial charge on any atom is 0.246 e. The van der Waals surface area contributed by atoms with Gasteiger partial charge in [-0.05, 0) is 12.1 Å². The number of aryl methyl sites for hydroxylation is 1. The van der Waals surface area contributed by atoms with E-state index in [1.807, 2.05) is 35.8 Å². The molecule has 0 aliphatic rings. The molecule has 3 aromatic rings. The van der Waals surface area contributed by atoms with Gasteiger partial charge in [-0.25, -0.2) is 4.98 Å². The van der Waals surface area contributed by atoms with Crippen molar-refractivity contribution in [2.75, 3.05) is 0 Å². The summed E-state index contributed by atoms with van der Waals surface area (Å²) in [4.78, 5) is 8.78. The summed E-state index contributed by atoms with van der Waals surface area (Å²) in [7, 11) is 0. The lowest BCUT2D eigenvalue weighted by molar-refractivity contribution is 0.366. The molecule has 0 radical (unpaired) electrons. The molecule has 0 aliphatic carbocycles. The Labute approximate surface area is 115 Å². The number of hydrogen-bond donors (Lipinski definition) is 0. The summed E-state index contributed by atoms with van der Waals surface area (Å²) in [5.74, 6) is 1.93. The number of nitriles is 1. The zero-order valence-corrected chi connectivity index (χ0v) is 11.1. The summed E-state index contributed by atoms with van der Waals surface area (Å²) in [6, 6.07) is 9.91. The summed E-state index contributed by atoms with van der Waals surface area (Å²) in [6.45, 7) is 2.41. The first-order chi connectivity index (χ1) is 9.81. The van der Waals surface area contributed by atoms with Gasteiger partial charge < -0.3 is 9.09 Å². The van der Waals surface area contributed by atoms with Crippen LogP contribution >= 0.6 is 0 Å². The summed E-state index contributed by atoms with van der Waals surface area (Å²) >= 11 is 0. The molecule has 20 heavy (non-hydrogen) atoms. The third kappa shape index (κ3) is 2.14. The minimum Gasteiger partial charge on any atom is -0.337 e. The van der Waals surface area contributed by atoms with Crippen LogP contribution in [0.3, 0.4) is 0 Å². The highest BCUT2D eigenvalue weighted by molar-refractivity contribution is 5.76. The van der Waals surface area contributed by atoms with Crippen LogP contribution in [-0.4, -0.2) is 19.7 Å². The highest BCUT2D eigenvalue weighted by atomic mass is 16.5. The van der Waals surface area contributed by atoms with Gasteiger partial charge in [0.2, 0.25) is 5.89 Å². The van der Waals surface area contributed by atoms with Gasteiger partial charge in [0.1, 0.15) is 12.4 Å². The Hall–Kier alpha value is -2.68. The molecule has 2 aromatic heterocycles. The van der Waals surface area contributed by atoms with Gasteiger partial charge in [-0.15, -0.1) is 0 Å². The minimum atomic E-state index is 0.253. The summed E-state index contributed by atoms with van der Waals surface area (Å²) < 4.78 is 7.17. The first-order valence-electron chi connectivity index (χ1n) is 6.44. The van der Waals surface area contributed by atoms with E-state index < -0.39 is 0 Å². The second-order valence-corrected chi connectivity index (χ2v) is 4.40. The Morgan fingerprint density at radius 3 is 2.90 bits per heavy atom. The predicted octanol–water partition coefficient (Wildman–Crippen LogP) is 2.10. The Balaban J connectivity index is 2.04. The van der Waals surface area contributed by atoms with E-state index in [1.54, 1.807) is 0 Å². The molecule has 0 saturated heterocycles. The van der Waals surface area contributed by atoms with Gasteiger partial charge in [0.05, 0.1) is 23.5 Å². The van der Waals surface area contributed by atoms with Crippen LogP contribution in [-0.2, 0) is 19.4 Å². The number of benzene rings is 1. The van der Waals surface area contributed by atoms with Crippen LogP contribution in [0.4, 0.5) is 0 Å². The van der Waals surface area contributed by atoms with Crippen LogP contribution in [0, 0.1) is 11.3 Å². The van der Waals surface area contributed by atoms with E-state index in [-0.39, 0.29) is 6.42 Å². The average Bonchev–Trinajstić information content (AvgIpc) is 3.05. The SMILES string of the molecule is CCc1noc(Cn2c(CC#N)nc3ccccc32)n1. The molecule has 3 rings (SSSR count). The van der Waals surface area contributed by atoms with Gasteiger partial charge in [-0.2, -0.15) is 10.2 Å². The number of imidazole rings is 1. The molecule has 0 spiro atoms.